The maximum absolute atomic E-state index is 13.2. The third-order valence-electron chi connectivity index (χ3n) is 5.22. The molecule has 0 atom stereocenters. The molecule has 0 bridgehead atoms. The number of carbonyl (C=O) groups is 1. The van der Waals surface area contributed by atoms with Gasteiger partial charge in [-0.15, -0.1) is 0 Å². The lowest BCUT2D eigenvalue weighted by atomic mass is 10.1. The van der Waals surface area contributed by atoms with Crippen LogP contribution in [0.25, 0.3) is 11.2 Å². The van der Waals surface area contributed by atoms with Gasteiger partial charge in [-0.1, -0.05) is 0 Å². The van der Waals surface area contributed by atoms with Crippen molar-refractivity contribution in [3.05, 3.63) is 40.6 Å². The van der Waals surface area contributed by atoms with Gasteiger partial charge in [-0.05, 0) is 29.8 Å². The molecule has 35 heavy (non-hydrogen) atoms. The number of furan rings is 1. The number of urea groups is 1. The molecule has 2 aromatic heterocycles. The van der Waals surface area contributed by atoms with Crippen molar-refractivity contribution < 1.29 is 40.3 Å². The van der Waals surface area contributed by atoms with Gasteiger partial charge in [0.2, 0.25) is 5.71 Å². The van der Waals surface area contributed by atoms with Gasteiger partial charge in [0.25, 0.3) is 5.88 Å². The largest absolute Gasteiger partial charge is 0.478 e. The van der Waals surface area contributed by atoms with Crippen LogP contribution in [0.4, 0.5) is 42.6 Å². The maximum Gasteiger partial charge on any atom is 0.416 e. The Morgan fingerprint density at radius 1 is 1.00 bits per heavy atom. The number of halogens is 7. The molecule has 0 saturated carbocycles. The lowest BCUT2D eigenvalue weighted by Gasteiger charge is -2.36. The van der Waals surface area contributed by atoms with E-state index in [1.165, 1.54) is 23.0 Å². The Morgan fingerprint density at radius 3 is 2.14 bits per heavy atom. The highest BCUT2D eigenvalue weighted by Crippen LogP contribution is 2.38. The topological polar surface area (TPSA) is 83.7 Å². The molecule has 4 rings (SSSR count). The number of rotatable bonds is 3. The number of anilines is 2. The second-order valence-corrected chi connectivity index (χ2v) is 7.86. The number of alkyl halides is 6. The number of benzene rings is 1. The molecule has 0 aliphatic carbocycles. The van der Waals surface area contributed by atoms with E-state index in [1.54, 1.807) is 0 Å². The summed E-state index contributed by atoms with van der Waals surface area (Å²) in [6.07, 6.45) is -9.89. The first-order valence-electron chi connectivity index (χ1n) is 9.96. The number of aromatic nitrogens is 2. The Bertz CT molecular complexity index is 1220. The molecule has 0 unspecified atom stereocenters. The minimum atomic E-state index is -4.95. The molecule has 0 spiro atoms. The van der Waals surface area contributed by atoms with E-state index in [1.807, 2.05) is 0 Å². The van der Waals surface area contributed by atoms with Crippen molar-refractivity contribution >= 4 is 40.4 Å². The molecule has 1 saturated heterocycles. The number of amides is 2. The van der Waals surface area contributed by atoms with Gasteiger partial charge in [0.1, 0.15) is 5.52 Å². The number of hydrogen-bond donors (Lipinski definition) is 1. The van der Waals surface area contributed by atoms with Crippen LogP contribution in [0.5, 0.6) is 5.88 Å². The van der Waals surface area contributed by atoms with E-state index in [2.05, 4.69) is 15.3 Å². The number of piperazine rings is 1. The van der Waals surface area contributed by atoms with Crippen LogP contribution in [0.2, 0.25) is 5.22 Å². The minimum Gasteiger partial charge on any atom is -0.478 e. The summed E-state index contributed by atoms with van der Waals surface area (Å²) >= 11 is 5.78. The quantitative estimate of drug-likeness (QED) is 0.471. The summed E-state index contributed by atoms with van der Waals surface area (Å²) in [6, 6.07) is 2.19. The molecule has 1 fully saturated rings. The molecule has 1 aliphatic rings. The number of ether oxygens (including phenoxy) is 1. The van der Waals surface area contributed by atoms with Gasteiger partial charge in [-0.25, -0.2) is 9.78 Å². The predicted octanol–water partition coefficient (Wildman–Crippen LogP) is 5.28. The smallest absolute Gasteiger partial charge is 0.416 e. The first-order chi connectivity index (χ1) is 16.3. The Kier molecular flexibility index (Phi) is 6.34. The zero-order valence-corrected chi connectivity index (χ0v) is 18.6. The number of nitrogens with zero attached hydrogens (tertiary/aromatic N) is 4. The molecule has 3 heterocycles. The normalized spacial score (nSPS) is 15.0. The molecule has 1 N–H and O–H groups in total. The zero-order chi connectivity index (χ0) is 25.5. The van der Waals surface area contributed by atoms with Crippen molar-refractivity contribution in [3.8, 4) is 5.88 Å². The van der Waals surface area contributed by atoms with E-state index in [0.29, 0.717) is 12.1 Å². The fourth-order valence-electron chi connectivity index (χ4n) is 3.51. The molecule has 8 nitrogen and oxygen atoms in total. The number of hydrogen-bond acceptors (Lipinski definition) is 6. The molecule has 1 aromatic carbocycles. The van der Waals surface area contributed by atoms with Crippen LogP contribution in [-0.2, 0) is 12.4 Å². The summed E-state index contributed by atoms with van der Waals surface area (Å²) in [5.41, 5.74) is -2.67. The number of carbonyl (C=O) groups excluding carboxylic acids is 1. The van der Waals surface area contributed by atoms with Crippen LogP contribution in [0.1, 0.15) is 11.1 Å². The number of nitrogens with one attached hydrogen (secondary N) is 1. The highest BCUT2D eigenvalue weighted by Gasteiger charge is 2.37. The Morgan fingerprint density at radius 2 is 1.60 bits per heavy atom. The van der Waals surface area contributed by atoms with Gasteiger partial charge in [-0.3, -0.25) is 5.32 Å². The average molecular weight is 524 g/mol. The van der Waals surface area contributed by atoms with Crippen LogP contribution in [0, 0.1) is 0 Å². The van der Waals surface area contributed by atoms with Crippen LogP contribution in [-0.4, -0.2) is 54.2 Å². The van der Waals surface area contributed by atoms with Crippen LogP contribution < -0.4 is 15.0 Å². The lowest BCUT2D eigenvalue weighted by molar-refractivity contribution is -0.143. The summed E-state index contributed by atoms with van der Waals surface area (Å²) in [7, 11) is 1.30. The van der Waals surface area contributed by atoms with E-state index in [9.17, 15) is 31.1 Å². The molecule has 0 radical (unpaired) electrons. The molecule has 188 valence electrons. The standard InChI is InChI=1S/C20H16ClF6N5O3/c1-34-17-15(28-13-9-14(21)35-16(13)30-17)29-18(33)32-4-2-31(3-5-32)12-7-10(19(22,23)24)6-11(8-12)20(25,26)27/h6-9H,2-5H2,1H3,(H,28,29,33). The molecular weight excluding hydrogens is 508 g/mol. The van der Waals surface area contributed by atoms with Gasteiger partial charge < -0.3 is 19.0 Å². The number of fused-ring (bicyclic) bond motifs is 1. The zero-order valence-electron chi connectivity index (χ0n) is 17.8. The van der Waals surface area contributed by atoms with Gasteiger partial charge in [-0.2, -0.15) is 31.3 Å². The highest BCUT2D eigenvalue weighted by molar-refractivity contribution is 6.29. The second kappa shape index (κ2) is 8.98. The molecule has 3 aromatic rings. The Labute approximate surface area is 198 Å². The van der Waals surface area contributed by atoms with E-state index in [-0.39, 0.29) is 66.1 Å². The fraction of sp³-hybridized carbons (Fsp3) is 0.350. The van der Waals surface area contributed by atoms with E-state index >= 15 is 0 Å². The van der Waals surface area contributed by atoms with Crippen molar-refractivity contribution in [2.24, 2.45) is 0 Å². The van der Waals surface area contributed by atoms with Gasteiger partial charge >= 0.3 is 18.4 Å². The van der Waals surface area contributed by atoms with E-state index in [4.69, 9.17) is 20.8 Å². The number of methoxy groups -OCH3 is 1. The summed E-state index contributed by atoms with van der Waals surface area (Å²) in [6.45, 7) is 0.0638. The first kappa shape index (κ1) is 24.7. The van der Waals surface area contributed by atoms with E-state index in [0.717, 1.165) is 0 Å². The van der Waals surface area contributed by atoms with Crippen LogP contribution >= 0.6 is 11.6 Å². The first-order valence-corrected chi connectivity index (χ1v) is 10.3. The van der Waals surface area contributed by atoms with Gasteiger partial charge in [0.05, 0.1) is 18.2 Å². The summed E-state index contributed by atoms with van der Waals surface area (Å²) in [5, 5.41) is 2.57. The second-order valence-electron chi connectivity index (χ2n) is 7.49. The molecular formula is C20H16ClF6N5O3. The highest BCUT2D eigenvalue weighted by atomic mass is 35.5. The summed E-state index contributed by atoms with van der Waals surface area (Å²) < 4.78 is 89.2. The van der Waals surface area contributed by atoms with Crippen molar-refractivity contribution in [1.29, 1.82) is 0 Å². The lowest BCUT2D eigenvalue weighted by Crippen LogP contribution is -2.50. The minimum absolute atomic E-state index is 0.00517. The van der Waals surface area contributed by atoms with Crippen molar-refractivity contribution in [1.82, 2.24) is 14.9 Å². The monoisotopic (exact) mass is 523 g/mol. The fourth-order valence-corrected chi connectivity index (χ4v) is 3.69. The average Bonchev–Trinajstić information content (AvgIpc) is 3.15. The molecule has 2 amide bonds. The van der Waals surface area contributed by atoms with Crippen LogP contribution in [0.15, 0.2) is 28.7 Å². The molecule has 15 heteroatoms. The van der Waals surface area contributed by atoms with Gasteiger partial charge in [0.15, 0.2) is 11.0 Å². The predicted molar refractivity (Wildman–Crippen MR) is 113 cm³/mol. The van der Waals surface area contributed by atoms with Crippen molar-refractivity contribution in [2.75, 3.05) is 43.5 Å². The van der Waals surface area contributed by atoms with Crippen molar-refractivity contribution in [2.45, 2.75) is 12.4 Å². The third kappa shape index (κ3) is 5.31. The molecule has 1 aliphatic heterocycles. The third-order valence-corrected chi connectivity index (χ3v) is 5.41. The SMILES string of the molecule is COc1nc2oc(Cl)cc2nc1NC(=O)N1CCN(c2cc(C(F)(F)F)cc(C(F)(F)F)c2)CC1. The van der Waals surface area contributed by atoms with E-state index < -0.39 is 29.5 Å². The Balaban J connectivity index is 1.48. The maximum atomic E-state index is 13.2. The summed E-state index contributed by atoms with van der Waals surface area (Å²) in [4.78, 5) is 23.6. The van der Waals surface area contributed by atoms with Gasteiger partial charge in [0, 0.05) is 37.9 Å². The summed E-state index contributed by atoms with van der Waals surface area (Å²) in [5.74, 6) is -0.0586. The Hall–Kier alpha value is -3.42. The van der Waals surface area contributed by atoms with Crippen molar-refractivity contribution in [3.63, 3.8) is 0 Å². The van der Waals surface area contributed by atoms with Crippen LogP contribution in [0.3, 0.4) is 0 Å².